The van der Waals surface area contributed by atoms with E-state index in [1.54, 1.807) is 13.2 Å². The van der Waals surface area contributed by atoms with Crippen LogP contribution in [0.4, 0.5) is 11.8 Å². The highest BCUT2D eigenvalue weighted by molar-refractivity contribution is 6.15. The number of hydrogen-bond acceptors (Lipinski definition) is 9. The van der Waals surface area contributed by atoms with Gasteiger partial charge in [0.1, 0.15) is 5.82 Å². The van der Waals surface area contributed by atoms with E-state index in [4.69, 9.17) is 16.9 Å². The van der Waals surface area contributed by atoms with Crippen LogP contribution in [0.2, 0.25) is 0 Å². The van der Waals surface area contributed by atoms with Gasteiger partial charge < -0.3 is 4.90 Å². The summed E-state index contributed by atoms with van der Waals surface area (Å²) in [5, 5.41) is 0. The number of hydrogen-bond donors (Lipinski definition) is 6. The first-order valence-corrected chi connectivity index (χ1v) is 7.12. The van der Waals surface area contributed by atoms with E-state index in [-0.39, 0.29) is 1.43 Å². The van der Waals surface area contributed by atoms with Crippen LogP contribution in [-0.2, 0) is 0 Å². The Bertz CT molecular complexity index is 339. The molecular formula is C11H28ClN9. The number of nitrogen functional groups attached to an aromatic ring is 1. The minimum Gasteiger partial charge on any atom is -0.356 e. The van der Waals surface area contributed by atoms with Crippen molar-refractivity contribution >= 4 is 23.4 Å². The fourth-order valence-electron chi connectivity index (χ4n) is 1.72. The van der Waals surface area contributed by atoms with Gasteiger partial charge in [0.25, 0.3) is 0 Å². The lowest BCUT2D eigenvalue weighted by molar-refractivity contribution is 0.573. The van der Waals surface area contributed by atoms with Crippen LogP contribution >= 0.6 is 11.6 Å². The third-order valence-corrected chi connectivity index (χ3v) is 2.45. The predicted molar refractivity (Wildman–Crippen MR) is 88.5 cm³/mol. The molecule has 0 radical (unpaired) electrons. The molecule has 0 aliphatic carbocycles. The van der Waals surface area contributed by atoms with Crippen molar-refractivity contribution in [1.29, 1.82) is 11.1 Å². The molecule has 2 heterocycles. The molecule has 8 N–H and O–H groups in total. The summed E-state index contributed by atoms with van der Waals surface area (Å²) in [5.41, 5.74) is 14.7. The highest BCUT2D eigenvalue weighted by Gasteiger charge is 2.12. The van der Waals surface area contributed by atoms with Crippen LogP contribution in [0.15, 0.2) is 12.3 Å². The van der Waals surface area contributed by atoms with E-state index in [2.05, 4.69) is 43.2 Å². The van der Waals surface area contributed by atoms with Gasteiger partial charge in [-0.15, -0.1) is 11.6 Å². The van der Waals surface area contributed by atoms with Crippen LogP contribution < -0.4 is 27.4 Å². The minimum absolute atomic E-state index is 0. The van der Waals surface area contributed by atoms with Crippen molar-refractivity contribution in [2.45, 2.75) is 19.3 Å². The Labute approximate surface area is 132 Å². The lowest BCUT2D eigenvalue weighted by Gasteiger charge is -2.27. The SMILES string of the molecule is CCl.CNN.N=N.NNc1nccc(N2CCCCC2)n1.[HH]. The average molecular weight is 322 g/mol. The van der Waals surface area contributed by atoms with Crippen molar-refractivity contribution in [3.8, 4) is 0 Å². The third kappa shape index (κ3) is 9.91. The van der Waals surface area contributed by atoms with Gasteiger partial charge in [-0.25, -0.2) is 21.9 Å². The number of hydrazine groups is 2. The van der Waals surface area contributed by atoms with Gasteiger partial charge in [0.15, 0.2) is 0 Å². The molecule has 1 aliphatic rings. The van der Waals surface area contributed by atoms with Crippen molar-refractivity contribution in [2.75, 3.05) is 36.8 Å². The van der Waals surface area contributed by atoms with Crippen molar-refractivity contribution < 1.29 is 1.43 Å². The minimum atomic E-state index is 0. The van der Waals surface area contributed by atoms with Crippen molar-refractivity contribution in [3.63, 3.8) is 0 Å². The smallest absolute Gasteiger partial charge is 0.239 e. The molecule has 1 aliphatic heterocycles. The number of nitrogens with one attached hydrogen (secondary N) is 4. The Kier molecular flexibility index (Phi) is 17.1. The first-order chi connectivity index (χ1) is 10.3. The van der Waals surface area contributed by atoms with Crippen LogP contribution in [0.25, 0.3) is 0 Å². The Morgan fingerprint density at radius 3 is 2.24 bits per heavy atom. The summed E-state index contributed by atoms with van der Waals surface area (Å²) < 4.78 is 0. The molecule has 0 atom stereocenters. The molecule has 2 rings (SSSR count). The first-order valence-electron chi connectivity index (χ1n) is 6.36. The Balaban J connectivity index is -0.000000395. The number of rotatable bonds is 2. The van der Waals surface area contributed by atoms with Gasteiger partial charge >= 0.3 is 0 Å². The maximum atomic E-state index is 5.25. The largest absolute Gasteiger partial charge is 0.356 e. The molecule has 1 aromatic rings. The van der Waals surface area contributed by atoms with Crippen LogP contribution in [0, 0.1) is 11.1 Å². The van der Waals surface area contributed by atoms with E-state index in [9.17, 15) is 0 Å². The second-order valence-electron chi connectivity index (χ2n) is 3.72. The fraction of sp³-hybridized carbons (Fsp3) is 0.636. The van der Waals surface area contributed by atoms with Crippen molar-refractivity contribution in [2.24, 2.45) is 11.7 Å². The number of nitrogens with zero attached hydrogens (tertiary/aromatic N) is 3. The van der Waals surface area contributed by atoms with Gasteiger partial charge in [-0.2, -0.15) is 4.98 Å². The first kappa shape index (κ1) is 21.7. The van der Waals surface area contributed by atoms with Gasteiger partial charge in [0.2, 0.25) is 5.95 Å². The molecule has 21 heavy (non-hydrogen) atoms. The molecule has 0 amide bonds. The Morgan fingerprint density at radius 2 is 1.76 bits per heavy atom. The lowest BCUT2D eigenvalue weighted by atomic mass is 10.1. The summed E-state index contributed by atoms with van der Waals surface area (Å²) in [4.78, 5) is 10.5. The Morgan fingerprint density at radius 1 is 1.24 bits per heavy atom. The molecule has 1 fully saturated rings. The average Bonchev–Trinajstić information content (AvgIpc) is 2.60. The fourth-order valence-corrected chi connectivity index (χ4v) is 1.72. The zero-order valence-corrected chi connectivity index (χ0v) is 13.3. The number of nitrogens with two attached hydrogens (primary N) is 2. The van der Waals surface area contributed by atoms with Gasteiger partial charge in [-0.1, -0.05) is 0 Å². The number of anilines is 2. The van der Waals surface area contributed by atoms with E-state index in [1.165, 1.54) is 25.6 Å². The number of alkyl halides is 1. The normalized spacial score (nSPS) is 12.5. The van der Waals surface area contributed by atoms with Crippen molar-refractivity contribution in [1.82, 2.24) is 15.4 Å². The molecule has 9 nitrogen and oxygen atoms in total. The summed E-state index contributed by atoms with van der Waals surface area (Å²) in [6.45, 7) is 2.17. The van der Waals surface area contributed by atoms with E-state index < -0.39 is 0 Å². The van der Waals surface area contributed by atoms with E-state index in [1.807, 2.05) is 6.07 Å². The van der Waals surface area contributed by atoms with Crippen LogP contribution in [0.3, 0.4) is 0 Å². The highest BCUT2D eigenvalue weighted by atomic mass is 35.5. The van der Waals surface area contributed by atoms with E-state index in [0.717, 1.165) is 18.9 Å². The molecule has 10 heteroatoms. The number of aromatic nitrogens is 2. The zero-order valence-electron chi connectivity index (χ0n) is 12.6. The standard InChI is InChI=1S/C9H15N5.CH3Cl.CH6N2.H2N2.H2/c10-13-9-11-5-4-8(12-9)14-6-2-1-3-7-14;1-2;1-3-2;1-2;/h4-5H,1-3,6-7,10H2,(H,11,12,13);1H3;3H,2H2,1H3;1-2H;1H. The maximum absolute atomic E-state index is 5.25. The van der Waals surface area contributed by atoms with Crippen molar-refractivity contribution in [3.05, 3.63) is 12.3 Å². The summed E-state index contributed by atoms with van der Waals surface area (Å²) >= 11 is 4.64. The summed E-state index contributed by atoms with van der Waals surface area (Å²) in [6.07, 6.45) is 7.01. The summed E-state index contributed by atoms with van der Waals surface area (Å²) in [6, 6.07) is 1.92. The molecule has 1 saturated heterocycles. The third-order valence-electron chi connectivity index (χ3n) is 2.45. The van der Waals surface area contributed by atoms with Crippen LogP contribution in [0.1, 0.15) is 20.7 Å². The summed E-state index contributed by atoms with van der Waals surface area (Å²) in [7, 11) is 1.65. The molecule has 124 valence electrons. The lowest BCUT2D eigenvalue weighted by Crippen LogP contribution is -2.30. The molecule has 0 bridgehead atoms. The van der Waals surface area contributed by atoms with Gasteiger partial charge in [-0.05, 0) is 32.4 Å². The quantitative estimate of drug-likeness (QED) is 0.209. The predicted octanol–water partition coefficient (Wildman–Crippen LogP) is 1.53. The van der Waals surface area contributed by atoms with Crippen LogP contribution in [-0.4, -0.2) is 36.5 Å². The van der Waals surface area contributed by atoms with Gasteiger partial charge in [-0.3, -0.25) is 16.7 Å². The van der Waals surface area contributed by atoms with Crippen LogP contribution in [0.5, 0.6) is 0 Å². The Hall–Kier alpha value is -1.55. The summed E-state index contributed by atoms with van der Waals surface area (Å²) in [5.74, 6) is 11.3. The molecule has 0 spiro atoms. The topological polar surface area (TPSA) is 153 Å². The van der Waals surface area contributed by atoms with E-state index >= 15 is 0 Å². The zero-order chi connectivity index (χ0) is 16.5. The molecule has 0 unspecified atom stereocenters. The second kappa shape index (κ2) is 16.5. The maximum Gasteiger partial charge on any atom is 0.239 e. The molecular weight excluding hydrogens is 294 g/mol. The van der Waals surface area contributed by atoms with Gasteiger partial charge in [0.05, 0.1) is 0 Å². The molecule has 1 aromatic heterocycles. The van der Waals surface area contributed by atoms with E-state index in [0.29, 0.717) is 5.95 Å². The number of halogens is 1. The monoisotopic (exact) mass is 321 g/mol. The number of piperidine rings is 1. The highest BCUT2D eigenvalue weighted by Crippen LogP contribution is 2.17. The molecule has 0 aromatic carbocycles. The van der Waals surface area contributed by atoms with Gasteiger partial charge in [0, 0.05) is 27.1 Å². The molecule has 0 saturated carbocycles. The second-order valence-corrected chi connectivity index (χ2v) is 3.72.